The fraction of sp³-hybridized carbons (Fsp3) is 0.571. The van der Waals surface area contributed by atoms with Gasteiger partial charge in [-0.1, -0.05) is 18.2 Å². The summed E-state index contributed by atoms with van der Waals surface area (Å²) in [6.07, 6.45) is 6.69. The standard InChI is InChI=1S/C28H37N3O2/c1-30-17-31(2)26-14-21(5-8-25(26)30)27(32)16-33-24-6-3-18(4-7-24)15-29-28-22-10-19-9-20(12-22)13-23(28)11-19/h3-8,14,19-20,22-23,27-29,32H,9-13,15-17H2,1-2H3. The van der Waals surface area contributed by atoms with Gasteiger partial charge in [0.1, 0.15) is 18.5 Å². The molecule has 0 spiro atoms. The topological polar surface area (TPSA) is 48.0 Å². The normalized spacial score (nSPS) is 30.6. The zero-order chi connectivity index (χ0) is 22.5. The van der Waals surface area contributed by atoms with Crippen molar-refractivity contribution in [3.8, 4) is 5.75 Å². The minimum atomic E-state index is -0.645. The van der Waals surface area contributed by atoms with Crippen LogP contribution in [-0.2, 0) is 6.54 Å². The van der Waals surface area contributed by atoms with E-state index in [1.807, 2.05) is 18.2 Å². The van der Waals surface area contributed by atoms with Crippen LogP contribution in [0.5, 0.6) is 5.75 Å². The van der Waals surface area contributed by atoms with Gasteiger partial charge in [-0.15, -0.1) is 0 Å². The summed E-state index contributed by atoms with van der Waals surface area (Å²) in [5.41, 5.74) is 4.56. The van der Waals surface area contributed by atoms with Gasteiger partial charge in [-0.3, -0.25) is 0 Å². The Morgan fingerprint density at radius 1 is 0.909 bits per heavy atom. The Morgan fingerprint density at radius 2 is 1.58 bits per heavy atom. The monoisotopic (exact) mass is 447 g/mol. The van der Waals surface area contributed by atoms with Crippen molar-refractivity contribution in [2.24, 2.45) is 23.7 Å². The first kappa shape index (κ1) is 21.3. The van der Waals surface area contributed by atoms with Crippen molar-refractivity contribution < 1.29 is 9.84 Å². The number of fused-ring (bicyclic) bond motifs is 1. The lowest BCUT2D eigenvalue weighted by Crippen LogP contribution is -2.54. The molecule has 4 aliphatic carbocycles. The van der Waals surface area contributed by atoms with Crippen LogP contribution < -0.4 is 19.9 Å². The number of aliphatic hydroxyl groups is 1. The van der Waals surface area contributed by atoms with Crippen molar-refractivity contribution in [1.82, 2.24) is 5.32 Å². The van der Waals surface area contributed by atoms with Gasteiger partial charge in [-0.2, -0.15) is 0 Å². The largest absolute Gasteiger partial charge is 0.491 e. The number of anilines is 2. The maximum atomic E-state index is 10.7. The van der Waals surface area contributed by atoms with Crippen LogP contribution in [0.4, 0.5) is 11.4 Å². The van der Waals surface area contributed by atoms with Crippen LogP contribution >= 0.6 is 0 Å². The first-order valence-electron chi connectivity index (χ1n) is 12.7. The molecule has 176 valence electrons. The fourth-order valence-corrected chi connectivity index (χ4v) is 7.32. The molecule has 7 rings (SSSR count). The zero-order valence-electron chi connectivity index (χ0n) is 19.9. The highest BCUT2D eigenvalue weighted by Gasteiger charge is 2.47. The Labute approximate surface area is 197 Å². The number of aliphatic hydroxyl groups excluding tert-OH is 1. The maximum Gasteiger partial charge on any atom is 0.119 e. The van der Waals surface area contributed by atoms with Crippen LogP contribution in [0, 0.1) is 23.7 Å². The molecule has 4 saturated carbocycles. The predicted octanol–water partition coefficient (Wildman–Crippen LogP) is 4.56. The molecule has 0 radical (unpaired) electrons. The second-order valence-electron chi connectivity index (χ2n) is 11.1. The highest BCUT2D eigenvalue weighted by molar-refractivity contribution is 5.76. The molecule has 5 nitrogen and oxygen atoms in total. The van der Waals surface area contributed by atoms with E-state index >= 15 is 0 Å². The Hall–Kier alpha value is -2.24. The van der Waals surface area contributed by atoms with Gasteiger partial charge in [0.25, 0.3) is 0 Å². The van der Waals surface area contributed by atoms with Crippen LogP contribution in [0.3, 0.4) is 0 Å². The summed E-state index contributed by atoms with van der Waals surface area (Å²) in [6, 6.07) is 15.3. The molecule has 5 aliphatic rings. The number of nitrogens with one attached hydrogen (secondary N) is 1. The molecule has 1 aliphatic heterocycles. The summed E-state index contributed by atoms with van der Waals surface area (Å²) >= 11 is 0. The molecular formula is C28H37N3O2. The van der Waals surface area contributed by atoms with Crippen molar-refractivity contribution in [3.63, 3.8) is 0 Å². The van der Waals surface area contributed by atoms with E-state index in [1.54, 1.807) is 0 Å². The molecule has 2 N–H and O–H groups in total. The number of nitrogens with zero attached hydrogens (tertiary/aromatic N) is 2. The Balaban J connectivity index is 1.01. The number of rotatable bonds is 7. The van der Waals surface area contributed by atoms with E-state index in [4.69, 9.17) is 4.74 Å². The molecule has 4 bridgehead atoms. The lowest BCUT2D eigenvalue weighted by atomic mass is 9.54. The second-order valence-corrected chi connectivity index (χ2v) is 11.1. The lowest BCUT2D eigenvalue weighted by molar-refractivity contribution is -0.0142. The highest BCUT2D eigenvalue weighted by atomic mass is 16.5. The molecule has 0 amide bonds. The third-order valence-corrected chi connectivity index (χ3v) is 8.73. The third-order valence-electron chi connectivity index (χ3n) is 8.73. The summed E-state index contributed by atoms with van der Waals surface area (Å²) in [5.74, 6) is 4.67. The molecule has 1 unspecified atom stereocenters. The van der Waals surface area contributed by atoms with Crippen LogP contribution in [0.1, 0.15) is 49.3 Å². The minimum absolute atomic E-state index is 0.254. The number of hydrogen-bond donors (Lipinski definition) is 2. The van der Waals surface area contributed by atoms with E-state index in [2.05, 4.69) is 53.5 Å². The van der Waals surface area contributed by atoms with Crippen LogP contribution in [0.15, 0.2) is 42.5 Å². The van der Waals surface area contributed by atoms with Crippen molar-refractivity contribution in [2.75, 3.05) is 37.2 Å². The number of ether oxygens (including phenoxy) is 1. The number of benzene rings is 2. The molecule has 0 aromatic heterocycles. The minimum Gasteiger partial charge on any atom is -0.491 e. The first-order valence-corrected chi connectivity index (χ1v) is 12.7. The summed E-state index contributed by atoms with van der Waals surface area (Å²) in [6.45, 7) is 2.06. The first-order chi connectivity index (χ1) is 16.0. The van der Waals surface area contributed by atoms with Crippen LogP contribution in [0.2, 0.25) is 0 Å². The van der Waals surface area contributed by atoms with Gasteiger partial charge in [-0.25, -0.2) is 0 Å². The predicted molar refractivity (Wildman–Crippen MR) is 133 cm³/mol. The fourth-order valence-electron chi connectivity index (χ4n) is 7.32. The van der Waals surface area contributed by atoms with E-state index in [0.29, 0.717) is 0 Å². The molecule has 4 fully saturated rings. The summed E-state index contributed by atoms with van der Waals surface area (Å²) in [5, 5.41) is 14.6. The summed E-state index contributed by atoms with van der Waals surface area (Å²) in [7, 11) is 4.16. The van der Waals surface area contributed by atoms with Gasteiger partial charge in [0.2, 0.25) is 0 Å². The molecule has 33 heavy (non-hydrogen) atoms. The van der Waals surface area contributed by atoms with Crippen molar-refractivity contribution in [1.29, 1.82) is 0 Å². The van der Waals surface area contributed by atoms with E-state index in [-0.39, 0.29) is 6.61 Å². The Bertz CT molecular complexity index is 963. The zero-order valence-corrected chi connectivity index (χ0v) is 19.9. The SMILES string of the molecule is CN1CN(C)c2cc(C(O)COc3ccc(CNC4C5CC6CC(C5)CC4C6)cc3)ccc21. The molecular weight excluding hydrogens is 410 g/mol. The molecule has 2 aromatic rings. The lowest BCUT2D eigenvalue weighted by Gasteiger charge is -2.54. The van der Waals surface area contributed by atoms with Gasteiger partial charge in [-0.05, 0) is 91.2 Å². The summed E-state index contributed by atoms with van der Waals surface area (Å²) < 4.78 is 5.92. The molecule has 2 aromatic carbocycles. The van der Waals surface area contributed by atoms with Crippen LogP contribution in [-0.4, -0.2) is 38.5 Å². The quantitative estimate of drug-likeness (QED) is 0.652. The van der Waals surface area contributed by atoms with Gasteiger partial charge >= 0.3 is 0 Å². The second kappa shape index (κ2) is 8.52. The van der Waals surface area contributed by atoms with Gasteiger partial charge in [0.15, 0.2) is 0 Å². The smallest absolute Gasteiger partial charge is 0.119 e. The number of hydrogen-bond acceptors (Lipinski definition) is 5. The average Bonchev–Trinajstić information content (AvgIpc) is 3.10. The van der Waals surface area contributed by atoms with Gasteiger partial charge < -0.3 is 25.0 Å². The maximum absolute atomic E-state index is 10.7. The Kier molecular flexibility index (Phi) is 5.50. The van der Waals surface area contributed by atoms with Crippen LogP contribution in [0.25, 0.3) is 0 Å². The van der Waals surface area contributed by atoms with Crippen molar-refractivity contribution >= 4 is 11.4 Å². The Morgan fingerprint density at radius 3 is 2.27 bits per heavy atom. The molecule has 1 heterocycles. The average molecular weight is 448 g/mol. The van der Waals surface area contributed by atoms with Gasteiger partial charge in [0, 0.05) is 26.7 Å². The third kappa shape index (κ3) is 4.10. The summed E-state index contributed by atoms with van der Waals surface area (Å²) in [4.78, 5) is 4.41. The van der Waals surface area contributed by atoms with Gasteiger partial charge in [0.05, 0.1) is 18.0 Å². The van der Waals surface area contributed by atoms with E-state index < -0.39 is 6.10 Å². The van der Waals surface area contributed by atoms with E-state index in [9.17, 15) is 5.11 Å². The highest BCUT2D eigenvalue weighted by Crippen LogP contribution is 2.53. The molecule has 0 saturated heterocycles. The van der Waals surface area contributed by atoms with E-state index in [0.717, 1.165) is 59.9 Å². The van der Waals surface area contributed by atoms with E-state index in [1.165, 1.54) is 43.4 Å². The molecule has 1 atom stereocenters. The van der Waals surface area contributed by atoms with Crippen molar-refractivity contribution in [3.05, 3.63) is 53.6 Å². The molecule has 5 heteroatoms. The van der Waals surface area contributed by atoms with Crippen molar-refractivity contribution in [2.45, 2.75) is 50.8 Å².